The summed E-state index contributed by atoms with van der Waals surface area (Å²) in [7, 11) is 1.58. The molecule has 0 spiro atoms. The number of nitrogens with one attached hydrogen (secondary N) is 1. The van der Waals surface area contributed by atoms with E-state index in [0.29, 0.717) is 11.5 Å². The van der Waals surface area contributed by atoms with Crippen LogP contribution in [0, 0.1) is 11.8 Å². The van der Waals surface area contributed by atoms with E-state index in [2.05, 4.69) is 23.7 Å². The van der Waals surface area contributed by atoms with E-state index in [1.54, 1.807) is 31.4 Å². The predicted molar refractivity (Wildman–Crippen MR) is 105 cm³/mol. The summed E-state index contributed by atoms with van der Waals surface area (Å²) in [5.41, 5.74) is 1.07. The van der Waals surface area contributed by atoms with Gasteiger partial charge in [-0.15, -0.1) is 6.58 Å². The number of benzene rings is 2. The van der Waals surface area contributed by atoms with E-state index in [-0.39, 0.29) is 25.7 Å². The van der Waals surface area contributed by atoms with Crippen LogP contribution in [0.2, 0.25) is 0 Å². The van der Waals surface area contributed by atoms with Gasteiger partial charge in [0, 0.05) is 6.07 Å². The minimum Gasteiger partial charge on any atom is -0.497 e. The molecular formula is C22H23NO4. The molecule has 5 nitrogen and oxygen atoms in total. The molecule has 0 aliphatic carbocycles. The number of allylic oxidation sites excluding steroid dienone is 1. The van der Waals surface area contributed by atoms with Gasteiger partial charge >= 0.3 is 0 Å². The summed E-state index contributed by atoms with van der Waals surface area (Å²) in [6.07, 6.45) is 2.57. The maximum Gasteiger partial charge on any atom is 0.258 e. The first-order valence-corrected chi connectivity index (χ1v) is 8.54. The fraction of sp³-hybridized carbons (Fsp3) is 0.227. The van der Waals surface area contributed by atoms with Crippen molar-refractivity contribution in [1.29, 1.82) is 0 Å². The number of carbonyl (C=O) groups is 1. The first kappa shape index (κ1) is 19.9. The van der Waals surface area contributed by atoms with Crippen molar-refractivity contribution in [3.05, 3.63) is 66.7 Å². The van der Waals surface area contributed by atoms with E-state index in [1.807, 2.05) is 30.3 Å². The smallest absolute Gasteiger partial charge is 0.258 e. The molecule has 0 atom stereocenters. The summed E-state index contributed by atoms with van der Waals surface area (Å²) in [5, 5.41) is 2.67. The molecule has 140 valence electrons. The molecule has 0 fully saturated rings. The fourth-order valence-corrected chi connectivity index (χ4v) is 2.23. The first-order chi connectivity index (χ1) is 13.2. The molecule has 0 saturated carbocycles. The van der Waals surface area contributed by atoms with Crippen LogP contribution in [0.3, 0.4) is 0 Å². The van der Waals surface area contributed by atoms with E-state index in [4.69, 9.17) is 14.2 Å². The van der Waals surface area contributed by atoms with Gasteiger partial charge in [-0.2, -0.15) is 0 Å². The average Bonchev–Trinajstić information content (AvgIpc) is 2.70. The van der Waals surface area contributed by atoms with Crippen molar-refractivity contribution in [2.45, 2.75) is 6.42 Å². The van der Waals surface area contributed by atoms with Crippen molar-refractivity contribution in [1.82, 2.24) is 5.32 Å². The standard InChI is InChI=1S/C22H23NO4/c1-3-9-18-10-4-5-13-21(18)26-15-7-6-14-23-22(24)17-27-20-12-8-11-19(16-20)25-2/h3-5,8,10-13,16H,1,9,14-15,17H2,2H3,(H,23,24). The highest BCUT2D eigenvalue weighted by Crippen LogP contribution is 2.19. The molecule has 0 saturated heterocycles. The predicted octanol–water partition coefficient (Wildman–Crippen LogP) is 3.00. The first-order valence-electron chi connectivity index (χ1n) is 8.54. The molecule has 0 unspecified atom stereocenters. The number of amides is 1. The van der Waals surface area contributed by atoms with Crippen LogP contribution in [-0.2, 0) is 11.2 Å². The number of ether oxygens (including phenoxy) is 3. The third-order valence-electron chi connectivity index (χ3n) is 3.55. The largest absolute Gasteiger partial charge is 0.497 e. The number of methoxy groups -OCH3 is 1. The van der Waals surface area contributed by atoms with Crippen molar-refractivity contribution in [2.75, 3.05) is 26.9 Å². The summed E-state index contributed by atoms with van der Waals surface area (Å²) in [5.74, 6) is 7.52. The lowest BCUT2D eigenvalue weighted by Crippen LogP contribution is -2.29. The van der Waals surface area contributed by atoms with Gasteiger partial charge in [-0.25, -0.2) is 0 Å². The number of rotatable bonds is 9. The van der Waals surface area contributed by atoms with Crippen LogP contribution in [0.1, 0.15) is 5.56 Å². The minimum absolute atomic E-state index is 0.0831. The zero-order valence-corrected chi connectivity index (χ0v) is 15.4. The molecule has 0 aromatic heterocycles. The van der Waals surface area contributed by atoms with Crippen LogP contribution in [0.5, 0.6) is 17.2 Å². The molecule has 2 aromatic rings. The Hall–Kier alpha value is -3.39. The molecule has 27 heavy (non-hydrogen) atoms. The lowest BCUT2D eigenvalue weighted by Gasteiger charge is -2.07. The molecule has 2 aromatic carbocycles. The van der Waals surface area contributed by atoms with E-state index >= 15 is 0 Å². The summed E-state index contributed by atoms with van der Waals surface area (Å²) in [6, 6.07) is 14.8. The van der Waals surface area contributed by atoms with Crippen LogP contribution < -0.4 is 19.5 Å². The van der Waals surface area contributed by atoms with Crippen molar-refractivity contribution >= 4 is 5.91 Å². The Kier molecular flexibility index (Phi) is 8.32. The van der Waals surface area contributed by atoms with Gasteiger partial charge in [0.15, 0.2) is 6.61 Å². The third kappa shape index (κ3) is 7.17. The van der Waals surface area contributed by atoms with E-state index in [1.165, 1.54) is 0 Å². The molecule has 0 bridgehead atoms. The van der Waals surface area contributed by atoms with E-state index < -0.39 is 0 Å². The van der Waals surface area contributed by atoms with Crippen LogP contribution in [-0.4, -0.2) is 32.8 Å². The number of hydrogen-bond acceptors (Lipinski definition) is 4. The van der Waals surface area contributed by atoms with E-state index in [0.717, 1.165) is 17.7 Å². The Balaban J connectivity index is 1.68. The van der Waals surface area contributed by atoms with Gasteiger partial charge in [-0.3, -0.25) is 4.79 Å². The van der Waals surface area contributed by atoms with Gasteiger partial charge in [0.2, 0.25) is 0 Å². The van der Waals surface area contributed by atoms with Crippen LogP contribution in [0.25, 0.3) is 0 Å². The van der Waals surface area contributed by atoms with Gasteiger partial charge in [0.1, 0.15) is 23.9 Å². The average molecular weight is 365 g/mol. The molecule has 0 heterocycles. The molecular weight excluding hydrogens is 342 g/mol. The maximum absolute atomic E-state index is 11.8. The summed E-state index contributed by atoms with van der Waals surface area (Å²) in [4.78, 5) is 11.8. The third-order valence-corrected chi connectivity index (χ3v) is 3.55. The Morgan fingerprint density at radius 2 is 1.93 bits per heavy atom. The molecule has 5 heteroatoms. The Morgan fingerprint density at radius 3 is 2.74 bits per heavy atom. The number of para-hydroxylation sites is 1. The van der Waals surface area contributed by atoms with Crippen LogP contribution in [0.15, 0.2) is 61.2 Å². The highest BCUT2D eigenvalue weighted by molar-refractivity contribution is 5.77. The zero-order chi connectivity index (χ0) is 19.3. The van der Waals surface area contributed by atoms with Crippen molar-refractivity contribution in [2.24, 2.45) is 0 Å². The minimum atomic E-state index is -0.246. The second-order valence-electron chi connectivity index (χ2n) is 5.49. The van der Waals surface area contributed by atoms with Crippen LogP contribution in [0.4, 0.5) is 0 Å². The highest BCUT2D eigenvalue weighted by Gasteiger charge is 2.02. The van der Waals surface area contributed by atoms with Gasteiger partial charge in [-0.1, -0.05) is 42.2 Å². The fourth-order valence-electron chi connectivity index (χ4n) is 2.23. The maximum atomic E-state index is 11.8. The number of hydrogen-bond donors (Lipinski definition) is 1. The summed E-state index contributed by atoms with van der Waals surface area (Å²) >= 11 is 0. The second kappa shape index (κ2) is 11.3. The SMILES string of the molecule is C=CCc1ccccc1OCC#CCNC(=O)COc1cccc(OC)c1. The van der Waals surface area contributed by atoms with Crippen molar-refractivity contribution in [3.8, 4) is 29.1 Å². The Labute approximate surface area is 159 Å². The molecule has 0 aliphatic rings. The van der Waals surface area contributed by atoms with Crippen LogP contribution >= 0.6 is 0 Å². The quantitative estimate of drug-likeness (QED) is 0.548. The normalized spacial score (nSPS) is 9.52. The van der Waals surface area contributed by atoms with Crippen molar-refractivity contribution in [3.63, 3.8) is 0 Å². The molecule has 1 amide bonds. The van der Waals surface area contributed by atoms with Gasteiger partial charge in [0.05, 0.1) is 13.7 Å². The van der Waals surface area contributed by atoms with Gasteiger partial charge in [-0.05, 0) is 30.2 Å². The lowest BCUT2D eigenvalue weighted by atomic mass is 10.1. The summed E-state index contributed by atoms with van der Waals surface area (Å²) in [6.45, 7) is 4.14. The molecule has 0 radical (unpaired) electrons. The van der Waals surface area contributed by atoms with Gasteiger partial charge < -0.3 is 19.5 Å². The highest BCUT2D eigenvalue weighted by atomic mass is 16.5. The zero-order valence-electron chi connectivity index (χ0n) is 15.4. The molecule has 1 N–H and O–H groups in total. The number of carbonyl (C=O) groups excluding carboxylic acids is 1. The van der Waals surface area contributed by atoms with Crippen molar-refractivity contribution < 1.29 is 19.0 Å². The Morgan fingerprint density at radius 1 is 1.11 bits per heavy atom. The monoisotopic (exact) mass is 365 g/mol. The van der Waals surface area contributed by atoms with E-state index in [9.17, 15) is 4.79 Å². The second-order valence-corrected chi connectivity index (χ2v) is 5.49. The topological polar surface area (TPSA) is 56.8 Å². The summed E-state index contributed by atoms with van der Waals surface area (Å²) < 4.78 is 16.2. The molecule has 2 rings (SSSR count). The molecule has 0 aliphatic heterocycles. The lowest BCUT2D eigenvalue weighted by molar-refractivity contribution is -0.122. The van der Waals surface area contributed by atoms with Gasteiger partial charge in [0.25, 0.3) is 5.91 Å². The Bertz CT molecular complexity index is 820.